The highest BCUT2D eigenvalue weighted by Gasteiger charge is 2.36. The van der Waals surface area contributed by atoms with E-state index in [4.69, 9.17) is 0 Å². The van der Waals surface area contributed by atoms with Crippen molar-refractivity contribution in [1.29, 1.82) is 0 Å². The molecule has 90 valence electrons. The van der Waals surface area contributed by atoms with Crippen LogP contribution in [0.1, 0.15) is 32.0 Å². The van der Waals surface area contributed by atoms with E-state index in [1.807, 2.05) is 13.0 Å². The first-order chi connectivity index (χ1) is 8.01. The lowest BCUT2D eigenvalue weighted by Gasteiger charge is -2.41. The average Bonchev–Trinajstić information content (AvgIpc) is 2.52. The fourth-order valence-electron chi connectivity index (χ4n) is 2.81. The average molecular weight is 297 g/mol. The molecule has 1 fully saturated rings. The highest BCUT2D eigenvalue weighted by atomic mass is 79.9. The Morgan fingerprint density at radius 2 is 2.12 bits per heavy atom. The molecule has 0 radical (unpaired) electrons. The molecule has 0 atom stereocenters. The molecule has 1 saturated carbocycles. The second-order valence-electron chi connectivity index (χ2n) is 5.10. The number of hydrogen-bond donors (Lipinski definition) is 0. The molecule has 0 bridgehead atoms. The number of halogens is 2. The molecule has 1 aliphatic rings. The van der Waals surface area contributed by atoms with Gasteiger partial charge in [0.05, 0.1) is 5.52 Å². The van der Waals surface area contributed by atoms with Gasteiger partial charge in [-0.05, 0) is 45.2 Å². The number of hydrogen-bond acceptors (Lipinski definition) is 1. The monoisotopic (exact) mass is 296 g/mol. The van der Waals surface area contributed by atoms with Crippen molar-refractivity contribution in [2.24, 2.45) is 0 Å². The molecule has 1 aromatic heterocycles. The van der Waals surface area contributed by atoms with Crippen molar-refractivity contribution in [2.45, 2.75) is 38.6 Å². The van der Waals surface area contributed by atoms with Crippen LogP contribution >= 0.6 is 15.9 Å². The third-order valence-corrected chi connectivity index (χ3v) is 4.27. The Kier molecular flexibility index (Phi) is 2.34. The molecule has 1 aliphatic carbocycles. The summed E-state index contributed by atoms with van der Waals surface area (Å²) in [4.78, 5) is 4.37. The highest BCUT2D eigenvalue weighted by Crippen LogP contribution is 2.42. The molecular weight excluding hydrogens is 283 g/mol. The van der Waals surface area contributed by atoms with Gasteiger partial charge in [0.15, 0.2) is 5.82 Å². The molecular formula is C13H14BrFN2. The van der Waals surface area contributed by atoms with Crippen LogP contribution in [0.4, 0.5) is 4.39 Å². The van der Waals surface area contributed by atoms with Gasteiger partial charge in [0.1, 0.15) is 11.3 Å². The number of aromatic nitrogens is 2. The fourth-order valence-corrected chi connectivity index (χ4v) is 3.23. The van der Waals surface area contributed by atoms with Gasteiger partial charge in [0.25, 0.3) is 0 Å². The largest absolute Gasteiger partial charge is 0.322 e. The number of aryl methyl sites for hydroxylation is 1. The van der Waals surface area contributed by atoms with E-state index in [0.717, 1.165) is 28.7 Å². The molecule has 17 heavy (non-hydrogen) atoms. The van der Waals surface area contributed by atoms with Crippen LogP contribution in [0.5, 0.6) is 0 Å². The number of benzene rings is 1. The number of rotatable bonds is 1. The van der Waals surface area contributed by atoms with Crippen LogP contribution in [0.3, 0.4) is 0 Å². The second-order valence-corrected chi connectivity index (χ2v) is 6.02. The maximum absolute atomic E-state index is 13.8. The minimum atomic E-state index is -0.251. The number of fused-ring (bicyclic) bond motifs is 1. The molecule has 4 heteroatoms. The molecule has 0 aliphatic heterocycles. The lowest BCUT2D eigenvalue weighted by atomic mass is 9.78. The molecule has 1 heterocycles. The minimum absolute atomic E-state index is 0.117. The number of imidazole rings is 1. The standard InChI is InChI=1S/C13H14BrFN2/c1-8-16-12-10(15)6-9(14)7-11(12)17(8)13(2)4-3-5-13/h6-7H,3-5H2,1-2H3. The summed E-state index contributed by atoms with van der Waals surface area (Å²) in [7, 11) is 0. The normalized spacial score (nSPS) is 18.4. The van der Waals surface area contributed by atoms with Gasteiger partial charge in [0.2, 0.25) is 0 Å². The first-order valence-electron chi connectivity index (χ1n) is 5.86. The van der Waals surface area contributed by atoms with Crippen molar-refractivity contribution < 1.29 is 4.39 Å². The summed E-state index contributed by atoms with van der Waals surface area (Å²) in [5, 5.41) is 0. The summed E-state index contributed by atoms with van der Waals surface area (Å²) in [5.74, 6) is 0.651. The van der Waals surface area contributed by atoms with E-state index in [-0.39, 0.29) is 11.4 Å². The van der Waals surface area contributed by atoms with Crippen molar-refractivity contribution in [1.82, 2.24) is 9.55 Å². The molecule has 0 amide bonds. The summed E-state index contributed by atoms with van der Waals surface area (Å²) in [6.45, 7) is 4.18. The zero-order valence-electron chi connectivity index (χ0n) is 9.93. The summed E-state index contributed by atoms with van der Waals surface area (Å²) >= 11 is 3.35. The van der Waals surface area contributed by atoms with Gasteiger partial charge < -0.3 is 4.57 Å². The Morgan fingerprint density at radius 3 is 2.71 bits per heavy atom. The van der Waals surface area contributed by atoms with Gasteiger partial charge in [-0.3, -0.25) is 0 Å². The Morgan fingerprint density at radius 1 is 1.41 bits per heavy atom. The van der Waals surface area contributed by atoms with Gasteiger partial charge in [-0.2, -0.15) is 0 Å². The lowest BCUT2D eigenvalue weighted by molar-refractivity contribution is 0.171. The Bertz CT molecular complexity index is 599. The van der Waals surface area contributed by atoms with Crippen molar-refractivity contribution in [2.75, 3.05) is 0 Å². The van der Waals surface area contributed by atoms with Crippen molar-refractivity contribution in [3.05, 3.63) is 28.2 Å². The molecule has 0 N–H and O–H groups in total. The van der Waals surface area contributed by atoms with E-state index >= 15 is 0 Å². The van der Waals surface area contributed by atoms with Crippen LogP contribution in [0.2, 0.25) is 0 Å². The van der Waals surface area contributed by atoms with E-state index < -0.39 is 0 Å². The van der Waals surface area contributed by atoms with Crippen molar-refractivity contribution in [3.63, 3.8) is 0 Å². The third-order valence-electron chi connectivity index (χ3n) is 3.82. The van der Waals surface area contributed by atoms with Crippen molar-refractivity contribution >= 4 is 27.0 Å². The molecule has 0 saturated heterocycles. The minimum Gasteiger partial charge on any atom is -0.322 e. The highest BCUT2D eigenvalue weighted by molar-refractivity contribution is 9.10. The van der Waals surface area contributed by atoms with E-state index in [0.29, 0.717) is 5.52 Å². The third kappa shape index (κ3) is 1.53. The van der Waals surface area contributed by atoms with Crippen LogP contribution < -0.4 is 0 Å². The molecule has 3 rings (SSSR count). The van der Waals surface area contributed by atoms with E-state index in [1.165, 1.54) is 12.5 Å². The molecule has 0 spiro atoms. The van der Waals surface area contributed by atoms with Crippen LogP contribution in [0.25, 0.3) is 11.0 Å². The van der Waals surface area contributed by atoms with Gasteiger partial charge in [-0.25, -0.2) is 9.37 Å². The zero-order chi connectivity index (χ0) is 12.2. The first kappa shape index (κ1) is 11.2. The fraction of sp³-hybridized carbons (Fsp3) is 0.462. The van der Waals surface area contributed by atoms with E-state index in [1.54, 1.807) is 0 Å². The van der Waals surface area contributed by atoms with E-state index in [2.05, 4.69) is 32.4 Å². The maximum Gasteiger partial charge on any atom is 0.152 e. The zero-order valence-corrected chi connectivity index (χ0v) is 11.5. The van der Waals surface area contributed by atoms with Gasteiger partial charge in [0, 0.05) is 10.0 Å². The van der Waals surface area contributed by atoms with Gasteiger partial charge in [-0.1, -0.05) is 15.9 Å². The SMILES string of the molecule is Cc1nc2c(F)cc(Br)cc2n1C1(C)CCC1. The Balaban J connectivity index is 2.34. The molecule has 1 aromatic carbocycles. The Labute approximate surface area is 108 Å². The topological polar surface area (TPSA) is 17.8 Å². The van der Waals surface area contributed by atoms with Crippen LogP contribution in [0, 0.1) is 12.7 Å². The quantitative estimate of drug-likeness (QED) is 0.773. The van der Waals surface area contributed by atoms with Crippen LogP contribution in [-0.2, 0) is 5.54 Å². The summed E-state index contributed by atoms with van der Waals surface area (Å²) in [6, 6.07) is 3.43. The van der Waals surface area contributed by atoms with E-state index in [9.17, 15) is 4.39 Å². The predicted molar refractivity (Wildman–Crippen MR) is 69.6 cm³/mol. The second kappa shape index (κ2) is 3.55. The molecule has 0 unspecified atom stereocenters. The Hall–Kier alpha value is -0.900. The smallest absolute Gasteiger partial charge is 0.152 e. The summed E-state index contributed by atoms with van der Waals surface area (Å²) < 4.78 is 16.8. The predicted octanol–water partition coefficient (Wildman–Crippen LogP) is 4.15. The lowest BCUT2D eigenvalue weighted by Crippen LogP contribution is -2.37. The number of nitrogens with zero attached hydrogens (tertiary/aromatic N) is 2. The summed E-state index contributed by atoms with van der Waals surface area (Å²) in [5.41, 5.74) is 1.50. The maximum atomic E-state index is 13.8. The summed E-state index contributed by atoms with van der Waals surface area (Å²) in [6.07, 6.45) is 3.53. The van der Waals surface area contributed by atoms with Gasteiger partial charge >= 0.3 is 0 Å². The van der Waals surface area contributed by atoms with Gasteiger partial charge in [-0.15, -0.1) is 0 Å². The van der Waals surface area contributed by atoms with Crippen LogP contribution in [-0.4, -0.2) is 9.55 Å². The molecule has 2 aromatic rings. The van der Waals surface area contributed by atoms with Crippen molar-refractivity contribution in [3.8, 4) is 0 Å². The first-order valence-corrected chi connectivity index (χ1v) is 6.65. The van der Waals surface area contributed by atoms with Crippen LogP contribution in [0.15, 0.2) is 16.6 Å². The molecule has 2 nitrogen and oxygen atoms in total.